The first-order valence-corrected chi connectivity index (χ1v) is 5.39. The van der Waals surface area contributed by atoms with Gasteiger partial charge in [-0.15, -0.1) is 0 Å². The van der Waals surface area contributed by atoms with Crippen molar-refractivity contribution in [3.05, 3.63) is 18.0 Å². The van der Waals surface area contributed by atoms with Crippen molar-refractivity contribution in [2.75, 3.05) is 20.8 Å². The molecule has 2 aromatic rings. The Hall–Kier alpha value is -1.66. The van der Waals surface area contributed by atoms with Gasteiger partial charge in [0.1, 0.15) is 5.82 Å². The number of imidazole rings is 1. The Labute approximate surface area is 99.2 Å². The van der Waals surface area contributed by atoms with Crippen LogP contribution in [0.15, 0.2) is 12.1 Å². The summed E-state index contributed by atoms with van der Waals surface area (Å²) in [5.41, 5.74) is 7.46. The van der Waals surface area contributed by atoms with Gasteiger partial charge in [0.15, 0.2) is 5.65 Å². The first kappa shape index (κ1) is 11.8. The van der Waals surface area contributed by atoms with Crippen LogP contribution in [-0.4, -0.2) is 35.8 Å². The van der Waals surface area contributed by atoms with Crippen molar-refractivity contribution in [3.63, 3.8) is 0 Å². The van der Waals surface area contributed by atoms with E-state index in [-0.39, 0.29) is 6.04 Å². The Morgan fingerprint density at radius 2 is 2.18 bits per heavy atom. The lowest BCUT2D eigenvalue weighted by molar-refractivity contribution is 0.187. The second-order valence-electron chi connectivity index (χ2n) is 3.73. The molecule has 92 valence electrons. The van der Waals surface area contributed by atoms with Crippen molar-refractivity contribution in [2.45, 2.75) is 12.5 Å². The van der Waals surface area contributed by atoms with Gasteiger partial charge in [-0.2, -0.15) is 4.98 Å². The number of ether oxygens (including phenoxy) is 2. The average Bonchev–Trinajstić information content (AvgIpc) is 2.78. The van der Waals surface area contributed by atoms with Crippen molar-refractivity contribution >= 4 is 11.2 Å². The topological polar surface area (TPSA) is 86.1 Å². The molecule has 17 heavy (non-hydrogen) atoms. The minimum absolute atomic E-state index is 0.171. The van der Waals surface area contributed by atoms with Crippen molar-refractivity contribution in [3.8, 4) is 5.88 Å². The van der Waals surface area contributed by atoms with Gasteiger partial charge in [0.25, 0.3) is 0 Å². The molecule has 0 saturated heterocycles. The highest BCUT2D eigenvalue weighted by molar-refractivity contribution is 5.71. The fourth-order valence-electron chi connectivity index (χ4n) is 1.56. The van der Waals surface area contributed by atoms with Crippen molar-refractivity contribution in [1.29, 1.82) is 0 Å². The lowest BCUT2D eigenvalue weighted by Crippen LogP contribution is -2.14. The molecule has 6 heteroatoms. The zero-order valence-corrected chi connectivity index (χ0v) is 9.93. The summed E-state index contributed by atoms with van der Waals surface area (Å²) in [7, 11) is 3.23. The van der Waals surface area contributed by atoms with Crippen LogP contribution in [0.4, 0.5) is 0 Å². The highest BCUT2D eigenvalue weighted by Crippen LogP contribution is 2.18. The number of pyridine rings is 1. The van der Waals surface area contributed by atoms with E-state index >= 15 is 0 Å². The third kappa shape index (κ3) is 2.54. The fraction of sp³-hybridized carbons (Fsp3) is 0.455. The van der Waals surface area contributed by atoms with Crippen LogP contribution < -0.4 is 10.5 Å². The number of methoxy groups -OCH3 is 2. The summed E-state index contributed by atoms with van der Waals surface area (Å²) in [5.74, 6) is 1.26. The molecule has 0 spiro atoms. The molecule has 0 aromatic carbocycles. The summed E-state index contributed by atoms with van der Waals surface area (Å²) in [6.07, 6.45) is 0.716. The van der Waals surface area contributed by atoms with Crippen LogP contribution in [0.25, 0.3) is 11.2 Å². The number of rotatable bonds is 5. The maximum absolute atomic E-state index is 5.98. The Balaban J connectivity index is 2.24. The molecule has 2 rings (SSSR count). The van der Waals surface area contributed by atoms with Crippen LogP contribution in [0.3, 0.4) is 0 Å². The number of nitrogens with two attached hydrogens (primary N) is 1. The van der Waals surface area contributed by atoms with Gasteiger partial charge in [-0.25, -0.2) is 4.98 Å². The van der Waals surface area contributed by atoms with Gasteiger partial charge < -0.3 is 20.2 Å². The zero-order valence-electron chi connectivity index (χ0n) is 9.93. The molecule has 2 heterocycles. The second-order valence-corrected chi connectivity index (χ2v) is 3.73. The average molecular weight is 236 g/mol. The standard InChI is InChI=1S/C11H16N4O2/c1-16-6-5-7(12)10-13-8-3-4-9(17-2)14-11(8)15-10/h3-4,7H,5-6,12H2,1-2H3,(H,13,14,15). The van der Waals surface area contributed by atoms with E-state index in [2.05, 4.69) is 15.0 Å². The molecule has 0 aliphatic rings. The molecular formula is C11H16N4O2. The van der Waals surface area contributed by atoms with Crippen molar-refractivity contribution in [2.24, 2.45) is 5.73 Å². The highest BCUT2D eigenvalue weighted by Gasteiger charge is 2.12. The summed E-state index contributed by atoms with van der Waals surface area (Å²) in [5, 5.41) is 0. The smallest absolute Gasteiger partial charge is 0.215 e. The van der Waals surface area contributed by atoms with E-state index in [1.54, 1.807) is 20.3 Å². The van der Waals surface area contributed by atoms with Gasteiger partial charge in [-0.05, 0) is 12.5 Å². The maximum Gasteiger partial charge on any atom is 0.215 e. The van der Waals surface area contributed by atoms with Crippen LogP contribution in [-0.2, 0) is 4.74 Å². The first-order chi connectivity index (χ1) is 8.24. The van der Waals surface area contributed by atoms with Crippen LogP contribution >= 0.6 is 0 Å². The summed E-state index contributed by atoms with van der Waals surface area (Å²) in [4.78, 5) is 11.7. The highest BCUT2D eigenvalue weighted by atomic mass is 16.5. The van der Waals surface area contributed by atoms with E-state index in [1.807, 2.05) is 6.07 Å². The number of nitrogens with zero attached hydrogens (tertiary/aromatic N) is 2. The van der Waals surface area contributed by atoms with E-state index in [4.69, 9.17) is 15.2 Å². The molecule has 0 aliphatic heterocycles. The molecular weight excluding hydrogens is 220 g/mol. The quantitative estimate of drug-likeness (QED) is 0.808. The monoisotopic (exact) mass is 236 g/mol. The molecule has 0 bridgehead atoms. The minimum atomic E-state index is -0.171. The van der Waals surface area contributed by atoms with Crippen LogP contribution in [0.5, 0.6) is 5.88 Å². The summed E-state index contributed by atoms with van der Waals surface area (Å²) >= 11 is 0. The van der Waals surface area contributed by atoms with E-state index in [0.717, 1.165) is 11.3 Å². The van der Waals surface area contributed by atoms with E-state index in [9.17, 15) is 0 Å². The van der Waals surface area contributed by atoms with E-state index in [1.165, 1.54) is 0 Å². The number of hydrogen-bond donors (Lipinski definition) is 2. The first-order valence-electron chi connectivity index (χ1n) is 5.39. The van der Waals surface area contributed by atoms with Crippen LogP contribution in [0.1, 0.15) is 18.3 Å². The number of aromatic amines is 1. The van der Waals surface area contributed by atoms with Gasteiger partial charge in [-0.1, -0.05) is 0 Å². The maximum atomic E-state index is 5.98. The van der Waals surface area contributed by atoms with Gasteiger partial charge in [-0.3, -0.25) is 0 Å². The minimum Gasteiger partial charge on any atom is -0.481 e. The third-order valence-corrected chi connectivity index (χ3v) is 2.53. The molecule has 0 radical (unpaired) electrons. The van der Waals surface area contributed by atoms with Crippen LogP contribution in [0.2, 0.25) is 0 Å². The van der Waals surface area contributed by atoms with Gasteiger partial charge >= 0.3 is 0 Å². The van der Waals surface area contributed by atoms with Gasteiger partial charge in [0.2, 0.25) is 5.88 Å². The summed E-state index contributed by atoms with van der Waals surface area (Å²) < 4.78 is 10.0. The van der Waals surface area contributed by atoms with Gasteiger partial charge in [0.05, 0.1) is 18.7 Å². The fourth-order valence-corrected chi connectivity index (χ4v) is 1.56. The molecule has 0 saturated carbocycles. The molecule has 6 nitrogen and oxygen atoms in total. The number of H-pyrrole nitrogens is 1. The second kappa shape index (κ2) is 5.11. The molecule has 1 atom stereocenters. The largest absolute Gasteiger partial charge is 0.481 e. The van der Waals surface area contributed by atoms with E-state index < -0.39 is 0 Å². The summed E-state index contributed by atoms with van der Waals surface area (Å²) in [6.45, 7) is 0.606. The van der Waals surface area contributed by atoms with Gasteiger partial charge in [0, 0.05) is 19.8 Å². The summed E-state index contributed by atoms with van der Waals surface area (Å²) in [6, 6.07) is 3.49. The molecule has 2 aromatic heterocycles. The molecule has 0 fully saturated rings. The lowest BCUT2D eigenvalue weighted by atomic mass is 10.2. The Bertz CT molecular complexity index is 497. The molecule has 3 N–H and O–H groups in total. The lowest BCUT2D eigenvalue weighted by Gasteiger charge is -2.06. The van der Waals surface area contributed by atoms with Crippen LogP contribution in [0, 0.1) is 0 Å². The Morgan fingerprint density at radius 1 is 1.35 bits per heavy atom. The predicted octanol–water partition coefficient (Wildman–Crippen LogP) is 1.00. The number of hydrogen-bond acceptors (Lipinski definition) is 5. The predicted molar refractivity (Wildman–Crippen MR) is 63.9 cm³/mol. The SMILES string of the molecule is COCCC(N)c1nc2nc(OC)ccc2[nH]1. The number of aromatic nitrogens is 3. The van der Waals surface area contributed by atoms with E-state index in [0.29, 0.717) is 24.6 Å². The van der Waals surface area contributed by atoms with Crippen molar-refractivity contribution in [1.82, 2.24) is 15.0 Å². The molecule has 0 amide bonds. The number of nitrogens with one attached hydrogen (secondary N) is 1. The Kier molecular flexibility index (Phi) is 3.55. The normalized spacial score (nSPS) is 12.9. The molecule has 0 aliphatic carbocycles. The Morgan fingerprint density at radius 3 is 2.88 bits per heavy atom. The third-order valence-electron chi connectivity index (χ3n) is 2.53. The zero-order chi connectivity index (χ0) is 12.3. The van der Waals surface area contributed by atoms with Crippen molar-refractivity contribution < 1.29 is 9.47 Å². The molecule has 1 unspecified atom stereocenters. The number of fused-ring (bicyclic) bond motifs is 1.